The Morgan fingerprint density at radius 3 is 2.42 bits per heavy atom. The molecule has 3 rings (SSSR count). The van der Waals surface area contributed by atoms with Gasteiger partial charge in [0.1, 0.15) is 5.75 Å². The number of thiazole rings is 1. The molecule has 3 N–H and O–H groups in total. The summed E-state index contributed by atoms with van der Waals surface area (Å²) in [7, 11) is 0. The first-order valence-corrected chi connectivity index (χ1v) is 7.75. The van der Waals surface area contributed by atoms with Crippen LogP contribution in [0.3, 0.4) is 0 Å². The van der Waals surface area contributed by atoms with Gasteiger partial charge < -0.3 is 10.2 Å². The van der Waals surface area contributed by atoms with Crippen LogP contribution in [0.2, 0.25) is 0 Å². The molecule has 120 valence electrons. The van der Waals surface area contributed by atoms with Crippen molar-refractivity contribution in [1.29, 1.82) is 0 Å². The highest BCUT2D eigenvalue weighted by Gasteiger charge is 2.13. The maximum absolute atomic E-state index is 12.1. The van der Waals surface area contributed by atoms with Crippen molar-refractivity contribution >= 4 is 28.3 Å². The van der Waals surface area contributed by atoms with E-state index in [0.29, 0.717) is 5.13 Å². The number of hydrogen-bond acceptors (Lipinski definition) is 5. The average molecular weight is 340 g/mol. The zero-order valence-electron chi connectivity index (χ0n) is 12.3. The highest BCUT2D eigenvalue weighted by Crippen LogP contribution is 2.29. The van der Waals surface area contributed by atoms with E-state index >= 15 is 0 Å². The third kappa shape index (κ3) is 3.26. The normalized spacial score (nSPS) is 10.3. The number of phenols is 1. The number of benzene rings is 2. The van der Waals surface area contributed by atoms with E-state index in [1.54, 1.807) is 30.5 Å². The number of rotatable bonds is 4. The highest BCUT2D eigenvalue weighted by atomic mass is 32.1. The Kier molecular flexibility index (Phi) is 4.26. The van der Waals surface area contributed by atoms with Crippen LogP contribution in [0.5, 0.6) is 5.75 Å². The molecule has 24 heavy (non-hydrogen) atoms. The first-order chi connectivity index (χ1) is 11.5. The van der Waals surface area contributed by atoms with Gasteiger partial charge in [-0.2, -0.15) is 0 Å². The molecule has 1 amide bonds. The van der Waals surface area contributed by atoms with Crippen molar-refractivity contribution in [2.75, 3.05) is 5.32 Å². The number of nitrogens with one attached hydrogen (secondary N) is 1. The van der Waals surface area contributed by atoms with Crippen LogP contribution in [0.1, 0.15) is 20.7 Å². The molecule has 0 atom stereocenters. The molecule has 0 aliphatic carbocycles. The van der Waals surface area contributed by atoms with E-state index in [1.807, 2.05) is 0 Å². The summed E-state index contributed by atoms with van der Waals surface area (Å²) in [6, 6.07) is 12.6. The molecule has 7 heteroatoms. The number of aromatic carboxylic acids is 1. The molecule has 0 fully saturated rings. The highest BCUT2D eigenvalue weighted by molar-refractivity contribution is 7.19. The minimum atomic E-state index is -0.985. The Balaban J connectivity index is 1.77. The topological polar surface area (TPSA) is 99.5 Å². The molecule has 0 bridgehead atoms. The van der Waals surface area contributed by atoms with Crippen LogP contribution in [-0.4, -0.2) is 27.1 Å². The van der Waals surface area contributed by atoms with Crippen molar-refractivity contribution in [3.63, 3.8) is 0 Å². The Morgan fingerprint density at radius 1 is 1.04 bits per heavy atom. The van der Waals surface area contributed by atoms with Crippen LogP contribution >= 0.6 is 11.3 Å². The molecule has 6 nitrogen and oxygen atoms in total. The molecule has 2 aromatic carbocycles. The van der Waals surface area contributed by atoms with Gasteiger partial charge in [0.2, 0.25) is 0 Å². The van der Waals surface area contributed by atoms with Crippen molar-refractivity contribution in [1.82, 2.24) is 4.98 Å². The molecule has 1 heterocycles. The van der Waals surface area contributed by atoms with Crippen LogP contribution in [0.15, 0.2) is 54.7 Å². The number of hydrogen-bond donors (Lipinski definition) is 3. The van der Waals surface area contributed by atoms with E-state index in [-0.39, 0.29) is 16.9 Å². The molecule has 0 radical (unpaired) electrons. The fourth-order valence-corrected chi connectivity index (χ4v) is 2.89. The predicted molar refractivity (Wildman–Crippen MR) is 90.6 cm³/mol. The minimum Gasteiger partial charge on any atom is -0.507 e. The quantitative estimate of drug-likeness (QED) is 0.675. The third-order valence-electron chi connectivity index (χ3n) is 3.29. The van der Waals surface area contributed by atoms with E-state index in [2.05, 4.69) is 10.3 Å². The molecular formula is C17H12N2O4S. The van der Waals surface area contributed by atoms with Gasteiger partial charge in [-0.1, -0.05) is 35.6 Å². The number of para-hydroxylation sites is 1. The van der Waals surface area contributed by atoms with Crippen molar-refractivity contribution in [2.24, 2.45) is 0 Å². The second-order valence-electron chi connectivity index (χ2n) is 4.88. The van der Waals surface area contributed by atoms with E-state index < -0.39 is 11.9 Å². The van der Waals surface area contributed by atoms with Gasteiger partial charge in [-0.05, 0) is 29.8 Å². The summed E-state index contributed by atoms with van der Waals surface area (Å²) >= 11 is 1.26. The summed E-state index contributed by atoms with van der Waals surface area (Å²) in [5, 5.41) is 21.6. The maximum Gasteiger partial charge on any atom is 0.335 e. The predicted octanol–water partition coefficient (Wildman–Crippen LogP) is 3.47. The maximum atomic E-state index is 12.1. The molecule has 0 saturated heterocycles. The van der Waals surface area contributed by atoms with E-state index in [1.165, 1.54) is 35.6 Å². The first-order valence-electron chi connectivity index (χ1n) is 6.93. The zero-order valence-corrected chi connectivity index (χ0v) is 13.1. The Labute approximate surface area is 141 Å². The number of carbonyl (C=O) groups is 2. The molecule has 0 aliphatic rings. The minimum absolute atomic E-state index is 0.101. The Hall–Kier alpha value is -3.19. The smallest absolute Gasteiger partial charge is 0.335 e. The third-order valence-corrected chi connectivity index (χ3v) is 4.25. The summed E-state index contributed by atoms with van der Waals surface area (Å²) in [5.74, 6) is -1.53. The molecule has 0 saturated carbocycles. The van der Waals surface area contributed by atoms with Gasteiger partial charge >= 0.3 is 5.97 Å². The molecule has 0 spiro atoms. The molecule has 3 aromatic rings. The van der Waals surface area contributed by atoms with E-state index in [9.17, 15) is 14.7 Å². The second-order valence-corrected chi connectivity index (χ2v) is 5.91. The van der Waals surface area contributed by atoms with Crippen LogP contribution in [0.25, 0.3) is 10.4 Å². The fourth-order valence-electron chi connectivity index (χ4n) is 2.07. The first kappa shape index (κ1) is 15.7. The van der Waals surface area contributed by atoms with Gasteiger partial charge in [-0.25, -0.2) is 9.78 Å². The van der Waals surface area contributed by atoms with Gasteiger partial charge in [-0.3, -0.25) is 10.1 Å². The molecule has 0 unspecified atom stereocenters. The number of carboxylic acid groups (broad SMARTS) is 1. The average Bonchev–Trinajstić information content (AvgIpc) is 3.03. The number of nitrogens with zero attached hydrogens (tertiary/aromatic N) is 1. The number of phenolic OH excluding ortho intramolecular Hbond substituents is 1. The monoisotopic (exact) mass is 340 g/mol. The number of aromatic nitrogens is 1. The number of carboxylic acids is 1. The van der Waals surface area contributed by atoms with Crippen molar-refractivity contribution < 1.29 is 19.8 Å². The lowest BCUT2D eigenvalue weighted by Crippen LogP contribution is -2.11. The molecule has 1 aromatic heterocycles. The second kappa shape index (κ2) is 6.51. The van der Waals surface area contributed by atoms with Gasteiger partial charge in [0.05, 0.1) is 16.0 Å². The summed E-state index contributed by atoms with van der Waals surface area (Å²) in [6.07, 6.45) is 1.60. The number of anilines is 1. The zero-order chi connectivity index (χ0) is 17.1. The largest absolute Gasteiger partial charge is 0.507 e. The van der Waals surface area contributed by atoms with Crippen molar-refractivity contribution in [3.05, 3.63) is 65.9 Å². The lowest BCUT2D eigenvalue weighted by Gasteiger charge is -2.03. The van der Waals surface area contributed by atoms with Gasteiger partial charge in [0.15, 0.2) is 5.13 Å². The molecular weight excluding hydrogens is 328 g/mol. The van der Waals surface area contributed by atoms with Crippen LogP contribution in [-0.2, 0) is 0 Å². The number of carbonyl (C=O) groups excluding carboxylic acids is 1. The lowest BCUT2D eigenvalue weighted by molar-refractivity contribution is 0.0696. The fraction of sp³-hybridized carbons (Fsp3) is 0. The summed E-state index contributed by atoms with van der Waals surface area (Å²) < 4.78 is 0. The molecule has 0 aliphatic heterocycles. The van der Waals surface area contributed by atoms with Crippen LogP contribution < -0.4 is 5.32 Å². The van der Waals surface area contributed by atoms with Crippen LogP contribution in [0.4, 0.5) is 5.13 Å². The van der Waals surface area contributed by atoms with Gasteiger partial charge in [0.25, 0.3) is 5.91 Å². The van der Waals surface area contributed by atoms with Crippen molar-refractivity contribution in [3.8, 4) is 16.2 Å². The number of amides is 1. The summed E-state index contributed by atoms with van der Waals surface area (Å²) in [5.41, 5.74) is 1.18. The van der Waals surface area contributed by atoms with Crippen LogP contribution in [0, 0.1) is 0 Å². The SMILES string of the molecule is O=C(O)c1ccc(-c2cnc(NC(=O)c3ccccc3O)s2)cc1. The lowest BCUT2D eigenvalue weighted by atomic mass is 10.1. The Bertz CT molecular complexity index is 903. The number of aromatic hydroxyl groups is 1. The van der Waals surface area contributed by atoms with Gasteiger partial charge in [0, 0.05) is 6.20 Å². The van der Waals surface area contributed by atoms with E-state index in [4.69, 9.17) is 5.11 Å². The summed E-state index contributed by atoms with van der Waals surface area (Å²) in [4.78, 5) is 27.9. The van der Waals surface area contributed by atoms with E-state index in [0.717, 1.165) is 10.4 Å². The summed E-state index contributed by atoms with van der Waals surface area (Å²) in [6.45, 7) is 0. The van der Waals surface area contributed by atoms with Gasteiger partial charge in [-0.15, -0.1) is 0 Å². The standard InChI is InChI=1S/C17H12N2O4S/c20-13-4-2-1-3-12(13)15(21)19-17-18-9-14(24-17)10-5-7-11(8-6-10)16(22)23/h1-9,20H,(H,22,23)(H,18,19,21). The van der Waals surface area contributed by atoms with Crippen molar-refractivity contribution in [2.45, 2.75) is 0 Å². The Morgan fingerprint density at radius 2 is 1.75 bits per heavy atom.